The molecule has 7 nitrogen and oxygen atoms in total. The van der Waals surface area contributed by atoms with Crippen molar-refractivity contribution in [1.29, 1.82) is 0 Å². The number of esters is 1. The van der Waals surface area contributed by atoms with Crippen LogP contribution in [0.25, 0.3) is 33.1 Å². The molecule has 0 spiro atoms. The van der Waals surface area contributed by atoms with Gasteiger partial charge >= 0.3 is 5.97 Å². The molecule has 0 saturated carbocycles. The highest BCUT2D eigenvalue weighted by molar-refractivity contribution is 5.92. The molecule has 0 saturated heterocycles. The minimum atomic E-state index is -0.328. The highest BCUT2D eigenvalue weighted by Crippen LogP contribution is 2.36. The highest BCUT2D eigenvalue weighted by Gasteiger charge is 2.18. The molecule has 0 aliphatic heterocycles. The van der Waals surface area contributed by atoms with Crippen LogP contribution in [-0.2, 0) is 22.4 Å². The van der Waals surface area contributed by atoms with Crippen LogP contribution in [0.15, 0.2) is 88.1 Å². The second-order valence-corrected chi connectivity index (χ2v) is 9.90. The van der Waals surface area contributed by atoms with E-state index in [0.717, 1.165) is 23.1 Å². The molecule has 4 aromatic carbocycles. The Bertz CT molecular complexity index is 1760. The van der Waals surface area contributed by atoms with Gasteiger partial charge in [0.25, 0.3) is 0 Å². The number of carbonyl (C=O) groups is 1. The van der Waals surface area contributed by atoms with Crippen molar-refractivity contribution in [1.82, 2.24) is 0 Å². The van der Waals surface area contributed by atoms with E-state index >= 15 is 0 Å². The first-order chi connectivity index (χ1) is 20.5. The Hall–Kier alpha value is -4.78. The molecule has 0 bridgehead atoms. The zero-order valence-corrected chi connectivity index (χ0v) is 23.9. The molecule has 0 aliphatic rings. The van der Waals surface area contributed by atoms with Crippen molar-refractivity contribution in [3.8, 4) is 28.4 Å². The van der Waals surface area contributed by atoms with E-state index in [1.807, 2.05) is 42.5 Å². The minimum Gasteiger partial charge on any atom is -0.507 e. The van der Waals surface area contributed by atoms with Gasteiger partial charge in [-0.2, -0.15) is 0 Å². The van der Waals surface area contributed by atoms with Gasteiger partial charge in [-0.3, -0.25) is 9.59 Å². The van der Waals surface area contributed by atoms with E-state index in [4.69, 9.17) is 18.6 Å². The monoisotopic (exact) mass is 566 g/mol. The fraction of sp³-hybridized carbons (Fsp3) is 0.257. The van der Waals surface area contributed by atoms with Gasteiger partial charge in [0.15, 0.2) is 0 Å². The van der Waals surface area contributed by atoms with Crippen LogP contribution >= 0.6 is 0 Å². The molecule has 5 aromatic rings. The van der Waals surface area contributed by atoms with Gasteiger partial charge in [-0.15, -0.1) is 0 Å². The van der Waals surface area contributed by atoms with E-state index in [-0.39, 0.29) is 23.6 Å². The number of aromatic hydroxyl groups is 1. The molecule has 0 fully saturated rings. The number of hydrogen-bond acceptors (Lipinski definition) is 7. The summed E-state index contributed by atoms with van der Waals surface area (Å²) in [5.41, 5.74) is 4.14. The van der Waals surface area contributed by atoms with Crippen molar-refractivity contribution in [3.63, 3.8) is 0 Å². The van der Waals surface area contributed by atoms with Crippen LogP contribution in [0.3, 0.4) is 0 Å². The predicted octanol–water partition coefficient (Wildman–Crippen LogP) is 7.22. The van der Waals surface area contributed by atoms with E-state index in [0.29, 0.717) is 71.7 Å². The number of phenols is 1. The Morgan fingerprint density at radius 1 is 0.857 bits per heavy atom. The Labute approximate surface area is 244 Å². The molecule has 1 heterocycles. The Balaban J connectivity index is 1.31. The van der Waals surface area contributed by atoms with E-state index in [9.17, 15) is 14.7 Å². The third kappa shape index (κ3) is 6.25. The molecule has 1 N–H and O–H groups in total. The molecule has 0 unspecified atom stereocenters. The molecule has 216 valence electrons. The first kappa shape index (κ1) is 28.7. The summed E-state index contributed by atoms with van der Waals surface area (Å²) in [6.07, 6.45) is 1.76. The summed E-state index contributed by atoms with van der Waals surface area (Å²) >= 11 is 0. The lowest BCUT2D eigenvalue weighted by atomic mass is 10.00. The third-order valence-corrected chi connectivity index (χ3v) is 7.14. The number of fused-ring (bicyclic) bond motifs is 2. The van der Waals surface area contributed by atoms with Crippen LogP contribution < -0.4 is 14.9 Å². The highest BCUT2D eigenvalue weighted by atomic mass is 16.5. The molecular weight excluding hydrogens is 532 g/mol. The number of para-hydroxylation sites is 1. The van der Waals surface area contributed by atoms with Crippen LogP contribution in [0.1, 0.15) is 37.8 Å². The van der Waals surface area contributed by atoms with Crippen molar-refractivity contribution in [2.24, 2.45) is 0 Å². The van der Waals surface area contributed by atoms with E-state index in [1.165, 1.54) is 0 Å². The number of ether oxygens (including phenoxy) is 3. The minimum absolute atomic E-state index is 0.127. The molecule has 7 heteroatoms. The number of aryl methyl sites for hydroxylation is 2. The summed E-state index contributed by atoms with van der Waals surface area (Å²) in [7, 11) is 0. The maximum Gasteiger partial charge on any atom is 0.306 e. The summed E-state index contributed by atoms with van der Waals surface area (Å²) in [5, 5.41) is 11.6. The summed E-state index contributed by atoms with van der Waals surface area (Å²) in [6, 6.07) is 24.0. The van der Waals surface area contributed by atoms with Crippen molar-refractivity contribution in [2.75, 3.05) is 19.8 Å². The molecular formula is C35H34O7. The van der Waals surface area contributed by atoms with Gasteiger partial charge in [-0.1, -0.05) is 49.4 Å². The molecule has 0 atom stereocenters. The van der Waals surface area contributed by atoms with Gasteiger partial charge in [0, 0.05) is 30.0 Å². The van der Waals surface area contributed by atoms with Crippen molar-refractivity contribution in [3.05, 3.63) is 100 Å². The fourth-order valence-electron chi connectivity index (χ4n) is 5.03. The van der Waals surface area contributed by atoms with Gasteiger partial charge in [0.05, 0.1) is 30.6 Å². The van der Waals surface area contributed by atoms with Crippen LogP contribution in [0.4, 0.5) is 0 Å². The third-order valence-electron chi connectivity index (χ3n) is 7.14. The fourth-order valence-corrected chi connectivity index (χ4v) is 5.03. The van der Waals surface area contributed by atoms with Gasteiger partial charge in [-0.05, 0) is 61.2 Å². The van der Waals surface area contributed by atoms with Crippen LogP contribution in [0, 0.1) is 0 Å². The van der Waals surface area contributed by atoms with Gasteiger partial charge in [0.1, 0.15) is 28.4 Å². The first-order valence-electron chi connectivity index (χ1n) is 14.3. The average Bonchev–Trinajstić information content (AvgIpc) is 3.01. The lowest BCUT2D eigenvalue weighted by Gasteiger charge is -2.16. The van der Waals surface area contributed by atoms with E-state index in [1.54, 1.807) is 43.3 Å². The van der Waals surface area contributed by atoms with Gasteiger partial charge in [-0.25, -0.2) is 0 Å². The van der Waals surface area contributed by atoms with Crippen molar-refractivity contribution in [2.45, 2.75) is 39.5 Å². The molecule has 0 radical (unpaired) electrons. The molecule has 0 amide bonds. The SMILES string of the molecule is CCOC(=O)CCc1c(OCCCOc2cc(O)c(-c3ccccc3)cc2CC)ccc2c(=O)c3ccccc3oc12. The summed E-state index contributed by atoms with van der Waals surface area (Å²) in [6.45, 7) is 4.83. The summed E-state index contributed by atoms with van der Waals surface area (Å²) in [4.78, 5) is 25.3. The quantitative estimate of drug-likeness (QED) is 0.0967. The average molecular weight is 567 g/mol. The number of benzene rings is 4. The number of phenolic OH excluding ortho intramolecular Hbond substituents is 1. The predicted molar refractivity (Wildman–Crippen MR) is 163 cm³/mol. The molecule has 5 rings (SSSR count). The maximum atomic E-state index is 13.2. The van der Waals surface area contributed by atoms with Gasteiger partial charge in [0.2, 0.25) is 5.43 Å². The summed E-state index contributed by atoms with van der Waals surface area (Å²) < 4.78 is 23.5. The zero-order valence-electron chi connectivity index (χ0n) is 23.9. The summed E-state index contributed by atoms with van der Waals surface area (Å²) in [5.74, 6) is 1.03. The second kappa shape index (κ2) is 13.3. The lowest BCUT2D eigenvalue weighted by Crippen LogP contribution is -2.10. The Kier molecular flexibility index (Phi) is 9.07. The number of carbonyl (C=O) groups excluding carboxylic acids is 1. The zero-order chi connectivity index (χ0) is 29.5. The van der Waals surface area contributed by atoms with E-state index in [2.05, 4.69) is 6.92 Å². The maximum absolute atomic E-state index is 13.2. The number of rotatable bonds is 12. The van der Waals surface area contributed by atoms with Crippen LogP contribution in [0.5, 0.6) is 17.2 Å². The van der Waals surface area contributed by atoms with E-state index < -0.39 is 0 Å². The largest absolute Gasteiger partial charge is 0.507 e. The molecule has 0 aliphatic carbocycles. The smallest absolute Gasteiger partial charge is 0.306 e. The van der Waals surface area contributed by atoms with Crippen molar-refractivity contribution < 1.29 is 28.5 Å². The second-order valence-electron chi connectivity index (χ2n) is 9.90. The normalized spacial score (nSPS) is 11.1. The number of hydrogen-bond donors (Lipinski definition) is 1. The topological polar surface area (TPSA) is 95.2 Å². The Morgan fingerprint density at radius 3 is 2.36 bits per heavy atom. The van der Waals surface area contributed by atoms with Crippen molar-refractivity contribution >= 4 is 27.9 Å². The lowest BCUT2D eigenvalue weighted by molar-refractivity contribution is -0.143. The standard InChI is InChI=1S/C35H34O7/c1-3-23-21-28(24-11-6-5-7-12-24)29(36)22-32(23)41-20-10-19-40-30-17-15-27-34(38)25-13-8-9-14-31(25)42-35(27)26(30)16-18-33(37)39-4-2/h5-9,11-15,17,21-22,36H,3-4,10,16,18-20H2,1-2H3. The Morgan fingerprint density at radius 2 is 1.60 bits per heavy atom. The molecule has 42 heavy (non-hydrogen) atoms. The van der Waals surface area contributed by atoms with Gasteiger partial charge < -0.3 is 23.7 Å². The molecule has 1 aromatic heterocycles. The van der Waals surface area contributed by atoms with Crippen LogP contribution in [0.2, 0.25) is 0 Å². The van der Waals surface area contributed by atoms with Crippen LogP contribution in [-0.4, -0.2) is 30.9 Å². The first-order valence-corrected chi connectivity index (χ1v) is 14.3.